The van der Waals surface area contributed by atoms with Crippen LogP contribution in [0.15, 0.2) is 4.99 Å². The van der Waals surface area contributed by atoms with E-state index < -0.39 is 0 Å². The van der Waals surface area contributed by atoms with Gasteiger partial charge in [-0.25, -0.2) is 5.84 Å². The summed E-state index contributed by atoms with van der Waals surface area (Å²) < 4.78 is 0. The summed E-state index contributed by atoms with van der Waals surface area (Å²) in [6, 6.07) is 0. The van der Waals surface area contributed by atoms with E-state index in [9.17, 15) is 0 Å². The van der Waals surface area contributed by atoms with Gasteiger partial charge in [-0.2, -0.15) is 0 Å². The first-order valence-electron chi connectivity index (χ1n) is 4.41. The van der Waals surface area contributed by atoms with Crippen LogP contribution in [0.25, 0.3) is 0 Å². The van der Waals surface area contributed by atoms with E-state index in [2.05, 4.69) is 29.4 Å². The van der Waals surface area contributed by atoms with Gasteiger partial charge in [-0.3, -0.25) is 10.4 Å². The largest absolute Gasteiger partial charge is 0.345 e. The molecule has 0 aliphatic rings. The molecular weight excluding hydrogens is 166 g/mol. The van der Waals surface area contributed by atoms with Gasteiger partial charge in [0, 0.05) is 20.6 Å². The maximum absolute atomic E-state index is 5.28. The first-order chi connectivity index (χ1) is 6.11. The van der Waals surface area contributed by atoms with Crippen molar-refractivity contribution < 1.29 is 0 Å². The molecule has 0 aromatic carbocycles. The van der Waals surface area contributed by atoms with E-state index >= 15 is 0 Å². The molecule has 0 radical (unpaired) electrons. The fraction of sp³-hybridized carbons (Fsp3) is 0.875. The van der Waals surface area contributed by atoms with Crippen LogP contribution in [0.3, 0.4) is 0 Å². The average molecular weight is 187 g/mol. The van der Waals surface area contributed by atoms with Crippen molar-refractivity contribution in [2.45, 2.75) is 6.42 Å². The Bertz CT molecular complexity index is 155. The van der Waals surface area contributed by atoms with Crippen LogP contribution in [0.4, 0.5) is 0 Å². The predicted molar refractivity (Wildman–Crippen MR) is 56.5 cm³/mol. The lowest BCUT2D eigenvalue weighted by Crippen LogP contribution is -2.43. The molecule has 13 heavy (non-hydrogen) atoms. The number of nitrogens with one attached hydrogen (secondary N) is 1. The third-order valence-corrected chi connectivity index (χ3v) is 1.80. The summed E-state index contributed by atoms with van der Waals surface area (Å²) in [7, 11) is 7.82. The molecule has 0 spiro atoms. The van der Waals surface area contributed by atoms with E-state index in [-0.39, 0.29) is 0 Å². The van der Waals surface area contributed by atoms with Gasteiger partial charge in [-0.1, -0.05) is 0 Å². The minimum atomic E-state index is 0.721. The highest BCUT2D eigenvalue weighted by molar-refractivity contribution is 5.78. The Balaban J connectivity index is 3.67. The normalized spacial score (nSPS) is 12.0. The lowest BCUT2D eigenvalue weighted by Gasteiger charge is -2.20. The topological polar surface area (TPSA) is 56.9 Å². The van der Waals surface area contributed by atoms with Crippen LogP contribution in [0.5, 0.6) is 0 Å². The molecule has 0 amide bonds. The second kappa shape index (κ2) is 6.68. The van der Waals surface area contributed by atoms with Crippen molar-refractivity contribution in [3.8, 4) is 0 Å². The summed E-state index contributed by atoms with van der Waals surface area (Å²) in [6.45, 7) is 2.03. The summed E-state index contributed by atoms with van der Waals surface area (Å²) >= 11 is 0. The van der Waals surface area contributed by atoms with Crippen LogP contribution in [0, 0.1) is 0 Å². The number of aliphatic imine (C=N–C) groups is 1. The Kier molecular flexibility index (Phi) is 6.26. The maximum Gasteiger partial charge on any atom is 0.207 e. The minimum Gasteiger partial charge on any atom is -0.345 e. The molecule has 0 atom stereocenters. The predicted octanol–water partition coefficient (Wildman–Crippen LogP) is -0.681. The summed E-state index contributed by atoms with van der Waals surface area (Å²) in [5.74, 6) is 6.00. The number of hydrazine groups is 1. The zero-order valence-electron chi connectivity index (χ0n) is 9.04. The Labute approximate surface area is 80.6 Å². The standard InChI is InChI=1S/C8H21N5/c1-10-8(11-9)13(4)7-5-6-12(2)3/h5-7,9H2,1-4H3,(H,10,11). The first kappa shape index (κ1) is 12.2. The van der Waals surface area contributed by atoms with Crippen molar-refractivity contribution in [3.05, 3.63) is 0 Å². The van der Waals surface area contributed by atoms with E-state index in [1.165, 1.54) is 0 Å². The van der Waals surface area contributed by atoms with Gasteiger partial charge >= 0.3 is 0 Å². The van der Waals surface area contributed by atoms with Gasteiger partial charge in [-0.05, 0) is 27.1 Å². The quantitative estimate of drug-likeness (QED) is 0.265. The van der Waals surface area contributed by atoms with Gasteiger partial charge < -0.3 is 9.80 Å². The van der Waals surface area contributed by atoms with E-state index in [1.54, 1.807) is 7.05 Å². The van der Waals surface area contributed by atoms with Crippen LogP contribution in [-0.2, 0) is 0 Å². The Morgan fingerprint density at radius 1 is 1.31 bits per heavy atom. The molecule has 0 aromatic rings. The molecule has 5 nitrogen and oxygen atoms in total. The number of nitrogens with two attached hydrogens (primary N) is 1. The van der Waals surface area contributed by atoms with Gasteiger partial charge in [0.25, 0.3) is 0 Å². The lowest BCUT2D eigenvalue weighted by molar-refractivity contribution is 0.366. The highest BCUT2D eigenvalue weighted by atomic mass is 15.4. The summed E-state index contributed by atoms with van der Waals surface area (Å²) in [5.41, 5.74) is 2.55. The summed E-state index contributed by atoms with van der Waals surface area (Å²) in [5, 5.41) is 0. The van der Waals surface area contributed by atoms with Crippen molar-refractivity contribution in [3.63, 3.8) is 0 Å². The van der Waals surface area contributed by atoms with E-state index in [0.29, 0.717) is 0 Å². The monoisotopic (exact) mass is 187 g/mol. The molecule has 78 valence electrons. The molecule has 0 heterocycles. The molecule has 0 aliphatic heterocycles. The maximum atomic E-state index is 5.28. The second-order valence-corrected chi connectivity index (χ2v) is 3.27. The number of hydrogen-bond acceptors (Lipinski definition) is 3. The zero-order valence-corrected chi connectivity index (χ0v) is 9.04. The smallest absolute Gasteiger partial charge is 0.207 e. The third kappa shape index (κ3) is 5.43. The van der Waals surface area contributed by atoms with Crippen LogP contribution >= 0.6 is 0 Å². The molecule has 0 aromatic heterocycles. The molecule has 0 bridgehead atoms. The zero-order chi connectivity index (χ0) is 10.3. The van der Waals surface area contributed by atoms with Crippen molar-refractivity contribution >= 4 is 5.96 Å². The molecule has 0 rings (SSSR count). The van der Waals surface area contributed by atoms with Gasteiger partial charge in [0.15, 0.2) is 0 Å². The average Bonchev–Trinajstić information content (AvgIpc) is 2.05. The highest BCUT2D eigenvalue weighted by Crippen LogP contribution is 1.89. The molecule has 0 saturated heterocycles. The van der Waals surface area contributed by atoms with Crippen molar-refractivity contribution in [1.29, 1.82) is 0 Å². The Morgan fingerprint density at radius 2 is 1.92 bits per heavy atom. The molecular formula is C8H21N5. The van der Waals surface area contributed by atoms with Gasteiger partial charge in [-0.15, -0.1) is 0 Å². The number of guanidine groups is 1. The summed E-state index contributed by atoms with van der Waals surface area (Å²) in [6.07, 6.45) is 1.10. The van der Waals surface area contributed by atoms with E-state index in [4.69, 9.17) is 5.84 Å². The third-order valence-electron chi connectivity index (χ3n) is 1.80. The second-order valence-electron chi connectivity index (χ2n) is 3.27. The fourth-order valence-electron chi connectivity index (χ4n) is 1.08. The van der Waals surface area contributed by atoms with E-state index in [1.807, 2.05) is 11.9 Å². The molecule has 5 heteroatoms. The minimum absolute atomic E-state index is 0.721. The van der Waals surface area contributed by atoms with Gasteiger partial charge in [0.2, 0.25) is 5.96 Å². The van der Waals surface area contributed by atoms with Crippen molar-refractivity contribution in [2.24, 2.45) is 10.8 Å². The highest BCUT2D eigenvalue weighted by Gasteiger charge is 2.02. The van der Waals surface area contributed by atoms with Crippen LogP contribution in [0.1, 0.15) is 6.42 Å². The van der Waals surface area contributed by atoms with Crippen LogP contribution < -0.4 is 11.3 Å². The first-order valence-corrected chi connectivity index (χ1v) is 4.41. The Hall–Kier alpha value is -0.810. The fourth-order valence-corrected chi connectivity index (χ4v) is 1.08. The molecule has 0 saturated carbocycles. The van der Waals surface area contributed by atoms with Crippen molar-refractivity contribution in [2.75, 3.05) is 41.3 Å². The van der Waals surface area contributed by atoms with E-state index in [0.717, 1.165) is 25.5 Å². The van der Waals surface area contributed by atoms with Crippen molar-refractivity contribution in [1.82, 2.24) is 15.2 Å². The van der Waals surface area contributed by atoms with Gasteiger partial charge in [0.05, 0.1) is 0 Å². The molecule has 0 unspecified atom stereocenters. The summed E-state index contributed by atoms with van der Waals surface area (Å²) in [4.78, 5) is 8.16. The van der Waals surface area contributed by atoms with Gasteiger partial charge in [0.1, 0.15) is 0 Å². The SMILES string of the molecule is CN=C(NN)N(C)CCCN(C)C. The number of nitrogens with zero attached hydrogens (tertiary/aromatic N) is 3. The number of hydrogen-bond donors (Lipinski definition) is 2. The lowest BCUT2D eigenvalue weighted by atomic mass is 10.4. The van der Waals surface area contributed by atoms with Crippen LogP contribution in [-0.4, -0.2) is 57.0 Å². The molecule has 0 fully saturated rings. The molecule has 0 aliphatic carbocycles. The van der Waals surface area contributed by atoms with Crippen LogP contribution in [0.2, 0.25) is 0 Å². The Morgan fingerprint density at radius 3 is 2.31 bits per heavy atom. The molecule has 3 N–H and O–H groups in total. The number of rotatable bonds is 4.